The Hall–Kier alpha value is -1.86. The van der Waals surface area contributed by atoms with Gasteiger partial charge in [-0.1, -0.05) is 0 Å². The van der Waals surface area contributed by atoms with Gasteiger partial charge in [-0.05, 0) is 0 Å². The number of imidazole rings is 1. The topological polar surface area (TPSA) is 80.1 Å². The lowest BCUT2D eigenvalue weighted by molar-refractivity contribution is 0.140. The molecule has 102 valence electrons. The lowest BCUT2D eigenvalue weighted by Gasteiger charge is -2.13. The van der Waals surface area contributed by atoms with Gasteiger partial charge in [-0.25, -0.2) is 4.98 Å². The molecule has 2 atom stereocenters. The molecule has 0 aromatic carbocycles. The highest BCUT2D eigenvalue weighted by Gasteiger charge is 2.26. The van der Waals surface area contributed by atoms with Crippen LogP contribution in [0.1, 0.15) is 5.69 Å². The van der Waals surface area contributed by atoms with E-state index in [1.165, 1.54) is 0 Å². The summed E-state index contributed by atoms with van der Waals surface area (Å²) in [5, 5.41) is 4.27. The van der Waals surface area contributed by atoms with Crippen molar-refractivity contribution in [3.05, 3.63) is 30.6 Å². The first-order valence-corrected chi connectivity index (χ1v) is 6.20. The van der Waals surface area contributed by atoms with E-state index >= 15 is 0 Å². The van der Waals surface area contributed by atoms with Crippen molar-refractivity contribution in [1.82, 2.24) is 19.3 Å². The highest BCUT2D eigenvalue weighted by molar-refractivity contribution is 5.14. The van der Waals surface area contributed by atoms with E-state index in [1.54, 1.807) is 12.5 Å². The van der Waals surface area contributed by atoms with Crippen LogP contribution < -0.4 is 10.5 Å². The minimum absolute atomic E-state index is 0.0691. The summed E-state index contributed by atoms with van der Waals surface area (Å²) in [6, 6.07) is -0.0691. The lowest BCUT2D eigenvalue weighted by Crippen LogP contribution is -2.37. The normalized spacial score (nSPS) is 22.8. The van der Waals surface area contributed by atoms with Crippen molar-refractivity contribution in [2.45, 2.75) is 18.7 Å². The maximum Gasteiger partial charge on any atom is 0.157 e. The molecule has 3 rings (SSSR count). The summed E-state index contributed by atoms with van der Waals surface area (Å²) >= 11 is 0. The van der Waals surface area contributed by atoms with E-state index < -0.39 is 0 Å². The molecule has 0 radical (unpaired) electrons. The Morgan fingerprint density at radius 2 is 2.37 bits per heavy atom. The first kappa shape index (κ1) is 12.2. The van der Waals surface area contributed by atoms with Gasteiger partial charge in [0, 0.05) is 7.05 Å². The van der Waals surface area contributed by atoms with Crippen LogP contribution in [0.2, 0.25) is 0 Å². The van der Waals surface area contributed by atoms with Crippen molar-refractivity contribution >= 4 is 0 Å². The van der Waals surface area contributed by atoms with Gasteiger partial charge in [0.25, 0.3) is 0 Å². The van der Waals surface area contributed by atoms with Gasteiger partial charge >= 0.3 is 0 Å². The zero-order valence-corrected chi connectivity index (χ0v) is 10.8. The van der Waals surface area contributed by atoms with Crippen molar-refractivity contribution in [3.8, 4) is 5.75 Å². The van der Waals surface area contributed by atoms with E-state index in [-0.39, 0.29) is 12.1 Å². The van der Waals surface area contributed by atoms with Crippen LogP contribution in [0.3, 0.4) is 0 Å². The standard InChI is InChI=1S/C12H17N5O2/c1-16-8-14-2-9(16)4-17-5-10(3-15-17)19-12-7-18-6-11(12)13/h2-3,5,8,11-12H,4,6-7,13H2,1H3/t11-,12+/m0/s1. The molecule has 0 aliphatic carbocycles. The molecule has 0 saturated carbocycles. The summed E-state index contributed by atoms with van der Waals surface area (Å²) in [5.41, 5.74) is 6.95. The number of ether oxygens (including phenoxy) is 2. The average molecular weight is 263 g/mol. The van der Waals surface area contributed by atoms with Gasteiger partial charge in [-0.3, -0.25) is 4.68 Å². The fourth-order valence-corrected chi connectivity index (χ4v) is 2.04. The number of rotatable bonds is 4. The fraction of sp³-hybridized carbons (Fsp3) is 0.500. The number of nitrogens with zero attached hydrogens (tertiary/aromatic N) is 4. The Kier molecular flexibility index (Phi) is 3.22. The molecular formula is C12H17N5O2. The van der Waals surface area contributed by atoms with E-state index in [2.05, 4.69) is 10.1 Å². The summed E-state index contributed by atoms with van der Waals surface area (Å²) in [6.45, 7) is 1.75. The molecule has 1 saturated heterocycles. The van der Waals surface area contributed by atoms with Crippen molar-refractivity contribution in [2.75, 3.05) is 13.2 Å². The zero-order chi connectivity index (χ0) is 13.2. The van der Waals surface area contributed by atoms with Crippen LogP contribution in [0, 0.1) is 0 Å². The van der Waals surface area contributed by atoms with Gasteiger partial charge < -0.3 is 19.8 Å². The van der Waals surface area contributed by atoms with Crippen LogP contribution in [-0.2, 0) is 18.3 Å². The van der Waals surface area contributed by atoms with Crippen LogP contribution in [0.5, 0.6) is 5.75 Å². The number of hydrogen-bond donors (Lipinski definition) is 1. The van der Waals surface area contributed by atoms with Gasteiger partial charge in [-0.15, -0.1) is 0 Å². The summed E-state index contributed by atoms with van der Waals surface area (Å²) < 4.78 is 14.8. The van der Waals surface area contributed by atoms with Crippen molar-refractivity contribution in [1.29, 1.82) is 0 Å². The van der Waals surface area contributed by atoms with E-state index in [4.69, 9.17) is 15.2 Å². The quantitative estimate of drug-likeness (QED) is 0.824. The third-order valence-corrected chi connectivity index (χ3v) is 3.21. The second-order valence-corrected chi connectivity index (χ2v) is 4.73. The second kappa shape index (κ2) is 5.02. The Morgan fingerprint density at radius 3 is 3.05 bits per heavy atom. The molecule has 0 amide bonds. The van der Waals surface area contributed by atoms with Gasteiger partial charge in [0.15, 0.2) is 5.75 Å². The number of aryl methyl sites for hydroxylation is 1. The van der Waals surface area contributed by atoms with E-state index in [0.29, 0.717) is 25.5 Å². The lowest BCUT2D eigenvalue weighted by atomic mass is 10.2. The minimum Gasteiger partial charge on any atom is -0.483 e. The highest BCUT2D eigenvalue weighted by atomic mass is 16.5. The smallest absolute Gasteiger partial charge is 0.157 e. The van der Waals surface area contributed by atoms with E-state index in [9.17, 15) is 0 Å². The predicted molar refractivity (Wildman–Crippen MR) is 67.7 cm³/mol. The average Bonchev–Trinajstić information content (AvgIpc) is 3.07. The predicted octanol–water partition coefficient (Wildman–Crippen LogP) is -0.230. The first-order chi connectivity index (χ1) is 9.22. The maximum atomic E-state index is 5.87. The SMILES string of the molecule is Cn1cncc1Cn1cc(O[C@@H]2COC[C@@H]2N)cn1. The van der Waals surface area contributed by atoms with Crippen LogP contribution in [-0.4, -0.2) is 44.7 Å². The van der Waals surface area contributed by atoms with E-state index in [1.807, 2.05) is 28.7 Å². The molecule has 2 N–H and O–H groups in total. The number of nitrogens with two attached hydrogens (primary N) is 1. The fourth-order valence-electron chi connectivity index (χ4n) is 2.04. The Bertz CT molecular complexity index is 550. The number of hydrogen-bond acceptors (Lipinski definition) is 5. The monoisotopic (exact) mass is 263 g/mol. The zero-order valence-electron chi connectivity index (χ0n) is 10.8. The molecule has 3 heterocycles. The van der Waals surface area contributed by atoms with Crippen molar-refractivity contribution in [2.24, 2.45) is 12.8 Å². The molecular weight excluding hydrogens is 246 g/mol. The first-order valence-electron chi connectivity index (χ1n) is 6.20. The molecule has 7 heteroatoms. The van der Waals surface area contributed by atoms with Crippen LogP contribution in [0.4, 0.5) is 0 Å². The maximum absolute atomic E-state index is 5.87. The molecule has 1 aliphatic heterocycles. The van der Waals surface area contributed by atoms with Gasteiger partial charge in [-0.2, -0.15) is 5.10 Å². The van der Waals surface area contributed by atoms with Crippen molar-refractivity contribution in [3.63, 3.8) is 0 Å². The molecule has 1 aliphatic rings. The van der Waals surface area contributed by atoms with Crippen LogP contribution in [0.25, 0.3) is 0 Å². The summed E-state index contributed by atoms with van der Waals surface area (Å²) in [6.07, 6.45) is 7.06. The van der Waals surface area contributed by atoms with Crippen LogP contribution >= 0.6 is 0 Å². The Labute approximate surface area is 110 Å². The van der Waals surface area contributed by atoms with E-state index in [0.717, 1.165) is 5.69 Å². The van der Waals surface area contributed by atoms with Gasteiger partial charge in [0.1, 0.15) is 6.10 Å². The summed E-state index contributed by atoms with van der Waals surface area (Å²) in [7, 11) is 1.96. The second-order valence-electron chi connectivity index (χ2n) is 4.73. The molecule has 7 nitrogen and oxygen atoms in total. The molecule has 0 bridgehead atoms. The highest BCUT2D eigenvalue weighted by Crippen LogP contribution is 2.16. The third-order valence-electron chi connectivity index (χ3n) is 3.21. The summed E-state index contributed by atoms with van der Waals surface area (Å²) in [4.78, 5) is 4.08. The van der Waals surface area contributed by atoms with Gasteiger partial charge in [0.2, 0.25) is 0 Å². The Morgan fingerprint density at radius 1 is 1.47 bits per heavy atom. The minimum atomic E-state index is -0.0886. The molecule has 0 spiro atoms. The summed E-state index contributed by atoms with van der Waals surface area (Å²) in [5.74, 6) is 0.716. The largest absolute Gasteiger partial charge is 0.483 e. The molecule has 19 heavy (non-hydrogen) atoms. The third kappa shape index (κ3) is 2.61. The molecule has 2 aromatic rings. The molecule has 2 aromatic heterocycles. The van der Waals surface area contributed by atoms with Crippen LogP contribution in [0.15, 0.2) is 24.9 Å². The number of aromatic nitrogens is 4. The molecule has 1 fully saturated rings. The molecule has 0 unspecified atom stereocenters. The van der Waals surface area contributed by atoms with Crippen molar-refractivity contribution < 1.29 is 9.47 Å². The van der Waals surface area contributed by atoms with Gasteiger partial charge in [0.05, 0.1) is 56.4 Å². The Balaban J connectivity index is 1.64.